The lowest BCUT2D eigenvalue weighted by Crippen LogP contribution is -2.21. The Kier molecular flexibility index (Phi) is 10.8. The monoisotopic (exact) mass is 762 g/mol. The van der Waals surface area contributed by atoms with Gasteiger partial charge in [-0.1, -0.05) is 48.4 Å². The summed E-state index contributed by atoms with van der Waals surface area (Å²) in [5.74, 6) is 2.99. The van der Waals surface area contributed by atoms with E-state index in [0.29, 0.717) is 43.7 Å². The Hall–Kier alpha value is -6.68. The normalized spacial score (nSPS) is 15.9. The molecule has 3 N–H and O–H groups in total. The van der Waals surface area contributed by atoms with Crippen LogP contribution < -0.4 is 20.1 Å². The van der Waals surface area contributed by atoms with Gasteiger partial charge in [0.05, 0.1) is 36.1 Å². The molecule has 1 saturated heterocycles. The van der Waals surface area contributed by atoms with Crippen molar-refractivity contribution >= 4 is 56.0 Å². The molecule has 2 aliphatic rings. The Balaban J connectivity index is 0.000000160. The quantitative estimate of drug-likeness (QED) is 0.0682. The average Bonchev–Trinajstić information content (AvgIpc) is 3.91. The number of anilines is 2. The molecule has 2 atom stereocenters. The summed E-state index contributed by atoms with van der Waals surface area (Å²) in [5.41, 5.74) is 7.70. The van der Waals surface area contributed by atoms with Gasteiger partial charge in [0.1, 0.15) is 25.4 Å². The number of aromatic nitrogens is 4. The third-order valence-corrected chi connectivity index (χ3v) is 10.4. The number of hydrogen-bond donors (Lipinski definition) is 3. The molecule has 2 aliphatic heterocycles. The second-order valence-corrected chi connectivity index (χ2v) is 13.9. The number of aromatic amines is 1. The second-order valence-electron chi connectivity index (χ2n) is 13.9. The maximum atomic E-state index is 12.9. The van der Waals surface area contributed by atoms with Gasteiger partial charge in [0.2, 0.25) is 11.8 Å². The summed E-state index contributed by atoms with van der Waals surface area (Å²) in [4.78, 5) is 37.8. The van der Waals surface area contributed by atoms with Gasteiger partial charge in [0, 0.05) is 72.2 Å². The number of methoxy groups -OCH3 is 2. The molecular weight excluding hydrogens is 721 g/mol. The molecule has 0 aliphatic carbocycles. The lowest BCUT2D eigenvalue weighted by Gasteiger charge is -2.15. The number of ether oxygens (including phenoxy) is 4. The van der Waals surface area contributed by atoms with Crippen molar-refractivity contribution in [1.82, 2.24) is 24.8 Å². The number of nitrogens with zero attached hydrogens (tertiary/aromatic N) is 3. The van der Waals surface area contributed by atoms with Crippen LogP contribution in [0.1, 0.15) is 40.5 Å². The number of fused-ring (bicyclic) bond motifs is 2. The Morgan fingerprint density at radius 2 is 1.56 bits per heavy atom. The number of benzene rings is 4. The van der Waals surface area contributed by atoms with Crippen molar-refractivity contribution in [2.75, 3.05) is 46.0 Å². The van der Waals surface area contributed by atoms with Crippen molar-refractivity contribution < 1.29 is 28.5 Å². The Morgan fingerprint density at radius 3 is 2.35 bits per heavy atom. The molecule has 2 amide bonds. The van der Waals surface area contributed by atoms with E-state index in [1.165, 1.54) is 17.4 Å². The van der Waals surface area contributed by atoms with E-state index in [1.54, 1.807) is 14.2 Å². The van der Waals surface area contributed by atoms with Gasteiger partial charge >= 0.3 is 0 Å². The molecule has 0 saturated carbocycles. The number of imide groups is 1. The van der Waals surface area contributed by atoms with Crippen LogP contribution in [0.5, 0.6) is 11.5 Å². The summed E-state index contributed by atoms with van der Waals surface area (Å²) in [6.45, 7) is 2.68. The van der Waals surface area contributed by atoms with Crippen LogP contribution in [0.25, 0.3) is 32.7 Å². The topological polar surface area (TPSA) is 142 Å². The first-order valence-corrected chi connectivity index (χ1v) is 18.8. The second kappa shape index (κ2) is 16.6. The molecule has 12 heteroatoms. The van der Waals surface area contributed by atoms with Crippen molar-refractivity contribution in [3.63, 3.8) is 0 Å². The van der Waals surface area contributed by atoms with Crippen LogP contribution >= 0.6 is 0 Å². The van der Waals surface area contributed by atoms with Crippen LogP contribution in [0.2, 0.25) is 0 Å². The molecule has 12 nitrogen and oxygen atoms in total. The molecule has 3 aromatic heterocycles. The number of para-hydroxylation sites is 2. The first-order chi connectivity index (χ1) is 28.0. The number of hydrogen-bond acceptors (Lipinski definition) is 9. The van der Waals surface area contributed by atoms with Gasteiger partial charge in [-0.25, -0.2) is 9.97 Å². The van der Waals surface area contributed by atoms with Crippen molar-refractivity contribution in [3.05, 3.63) is 120 Å². The van der Waals surface area contributed by atoms with Crippen molar-refractivity contribution in [2.45, 2.75) is 31.2 Å². The Morgan fingerprint density at radius 1 is 0.825 bits per heavy atom. The summed E-state index contributed by atoms with van der Waals surface area (Å²) in [5, 5.41) is 8.78. The van der Waals surface area contributed by atoms with E-state index in [0.717, 1.165) is 69.0 Å². The lowest BCUT2D eigenvalue weighted by atomic mass is 9.83. The van der Waals surface area contributed by atoms with E-state index in [9.17, 15) is 9.59 Å². The highest BCUT2D eigenvalue weighted by Gasteiger charge is 2.45. The van der Waals surface area contributed by atoms with Crippen molar-refractivity contribution in [3.8, 4) is 23.8 Å². The highest BCUT2D eigenvalue weighted by molar-refractivity contribution is 6.13. The van der Waals surface area contributed by atoms with Crippen LogP contribution in [0.3, 0.4) is 0 Å². The van der Waals surface area contributed by atoms with E-state index in [2.05, 4.69) is 60.5 Å². The summed E-state index contributed by atoms with van der Waals surface area (Å²) >= 11 is 0. The van der Waals surface area contributed by atoms with E-state index in [-0.39, 0.29) is 11.8 Å². The predicted octanol–water partition coefficient (Wildman–Crippen LogP) is 7.00. The SMILES string of the molecule is C#Cc1cccc(Nc2ncnc3cc(OCCOC)c(OCCOC)cc23)c1.O=C1NC(=O)[C@@H](c2cn3c4c(cccc24)CCC3)[C@@H]1c1c[nH]c2ccccc12. The minimum atomic E-state index is -0.521. The van der Waals surface area contributed by atoms with Gasteiger partial charge in [0.15, 0.2) is 11.5 Å². The zero-order chi connectivity index (χ0) is 39.3. The van der Waals surface area contributed by atoms with Crippen molar-refractivity contribution in [1.29, 1.82) is 0 Å². The molecule has 0 spiro atoms. The number of carbonyl (C=O) groups is 2. The van der Waals surface area contributed by atoms with Gasteiger partial charge in [-0.2, -0.15) is 0 Å². The maximum absolute atomic E-state index is 12.9. The highest BCUT2D eigenvalue weighted by atomic mass is 16.5. The van der Waals surface area contributed by atoms with Gasteiger partial charge in [-0.3, -0.25) is 14.9 Å². The first kappa shape index (κ1) is 37.3. The molecule has 0 bridgehead atoms. The predicted molar refractivity (Wildman–Crippen MR) is 219 cm³/mol. The number of nitrogens with one attached hydrogen (secondary N) is 3. The molecule has 4 aromatic carbocycles. The lowest BCUT2D eigenvalue weighted by molar-refractivity contribution is -0.125. The molecule has 57 heavy (non-hydrogen) atoms. The van der Waals surface area contributed by atoms with Crippen LogP contribution in [-0.4, -0.2) is 72.0 Å². The summed E-state index contributed by atoms with van der Waals surface area (Å²) in [7, 11) is 3.25. The fourth-order valence-corrected chi connectivity index (χ4v) is 7.79. The molecule has 0 radical (unpaired) electrons. The Labute approximate surface area is 329 Å². The zero-order valence-electron chi connectivity index (χ0n) is 31.7. The van der Waals surface area contributed by atoms with E-state index >= 15 is 0 Å². The highest BCUT2D eigenvalue weighted by Crippen LogP contribution is 2.44. The van der Waals surface area contributed by atoms with Gasteiger partial charge in [0.25, 0.3) is 0 Å². The fraction of sp³-hybridized carbons (Fsp3) is 0.244. The summed E-state index contributed by atoms with van der Waals surface area (Å²) in [6, 6.07) is 25.5. The van der Waals surface area contributed by atoms with E-state index < -0.39 is 11.8 Å². The molecular formula is C45H42N6O6. The van der Waals surface area contributed by atoms with Gasteiger partial charge in [-0.15, -0.1) is 6.42 Å². The smallest absolute Gasteiger partial charge is 0.235 e. The van der Waals surface area contributed by atoms with Crippen LogP contribution in [0.4, 0.5) is 11.5 Å². The molecule has 0 unspecified atom stereocenters. The standard InChI is InChI=1S/C23H19N3O2.C22H23N3O4/c27-22-19(16-11-24-18-9-2-1-7-14(16)18)20(23(28)25-22)17-12-26-10-4-6-13-5-3-8-15(17)21(13)26;1-4-16-6-5-7-17(12-16)25-22-18-13-20(28-10-8-26-2)21(29-11-9-27-3)14-19(18)23-15-24-22/h1-3,5,7-9,11-12,19-20,24H,4,6,10H2,(H,25,27,28);1,5-7,12-15H,8-11H2,2-3H3,(H,23,24,25)/t19-,20-;/m0./s1. The minimum Gasteiger partial charge on any atom is -0.487 e. The minimum absolute atomic E-state index is 0.205. The number of carbonyl (C=O) groups excluding carboxylic acids is 2. The number of H-pyrrole nitrogens is 1. The number of aryl methyl sites for hydroxylation is 2. The average molecular weight is 763 g/mol. The number of amides is 2. The van der Waals surface area contributed by atoms with E-state index in [1.807, 2.05) is 66.9 Å². The van der Waals surface area contributed by atoms with Crippen LogP contribution in [0.15, 0.2) is 97.6 Å². The molecule has 9 rings (SSSR count). The number of terminal acetylenes is 1. The molecule has 288 valence electrons. The van der Waals surface area contributed by atoms with Crippen LogP contribution in [-0.2, 0) is 32.0 Å². The third-order valence-electron chi connectivity index (χ3n) is 10.4. The number of rotatable bonds is 12. The first-order valence-electron chi connectivity index (χ1n) is 18.8. The third kappa shape index (κ3) is 7.50. The molecule has 7 aromatic rings. The van der Waals surface area contributed by atoms with Crippen LogP contribution in [0, 0.1) is 12.3 Å². The zero-order valence-corrected chi connectivity index (χ0v) is 31.7. The van der Waals surface area contributed by atoms with Gasteiger partial charge in [-0.05, 0) is 59.9 Å². The molecule has 5 heterocycles. The van der Waals surface area contributed by atoms with Gasteiger partial charge < -0.3 is 33.8 Å². The molecule has 1 fully saturated rings. The summed E-state index contributed by atoms with van der Waals surface area (Å²) < 4.78 is 24.1. The Bertz CT molecular complexity index is 2640. The van der Waals surface area contributed by atoms with E-state index in [4.69, 9.17) is 25.4 Å². The fourth-order valence-electron chi connectivity index (χ4n) is 7.79. The maximum Gasteiger partial charge on any atom is 0.235 e. The summed E-state index contributed by atoms with van der Waals surface area (Å²) in [6.07, 6.45) is 13.1. The largest absolute Gasteiger partial charge is 0.487 e. The van der Waals surface area contributed by atoms with Crippen molar-refractivity contribution in [2.24, 2.45) is 0 Å².